The Labute approximate surface area is 159 Å². The molecule has 2 heterocycles. The molecular formula is C19H24N4O3S. The Bertz CT molecular complexity index is 909. The van der Waals surface area contributed by atoms with Gasteiger partial charge >= 0.3 is 0 Å². The van der Waals surface area contributed by atoms with Crippen LogP contribution < -0.4 is 10.2 Å². The van der Waals surface area contributed by atoms with Gasteiger partial charge in [0.15, 0.2) is 9.84 Å². The molecular weight excluding hydrogens is 364 g/mol. The Hall–Kier alpha value is -2.61. The number of amides is 1. The Morgan fingerprint density at radius 3 is 2.26 bits per heavy atom. The molecule has 1 aromatic heterocycles. The third kappa shape index (κ3) is 4.57. The van der Waals surface area contributed by atoms with Gasteiger partial charge in [-0.25, -0.2) is 13.4 Å². The SMILES string of the molecule is CN(C)c1ccc(Nc2ccc(C(=O)N(C)C3CCS(=O)(=O)C3)nc2)cc1. The van der Waals surface area contributed by atoms with Crippen molar-refractivity contribution in [1.29, 1.82) is 0 Å². The fraction of sp³-hybridized carbons (Fsp3) is 0.368. The number of hydrogen-bond acceptors (Lipinski definition) is 6. The van der Waals surface area contributed by atoms with Crippen LogP contribution in [-0.4, -0.2) is 62.9 Å². The summed E-state index contributed by atoms with van der Waals surface area (Å²) in [4.78, 5) is 20.3. The monoisotopic (exact) mass is 388 g/mol. The highest BCUT2D eigenvalue weighted by Crippen LogP contribution is 2.21. The van der Waals surface area contributed by atoms with E-state index in [1.807, 2.05) is 43.3 Å². The van der Waals surface area contributed by atoms with Crippen LogP contribution in [0.4, 0.5) is 17.1 Å². The van der Waals surface area contributed by atoms with Gasteiger partial charge in [-0.1, -0.05) is 0 Å². The first-order valence-corrected chi connectivity index (χ1v) is 10.6. The number of carbonyl (C=O) groups is 1. The van der Waals surface area contributed by atoms with Crippen LogP contribution >= 0.6 is 0 Å². The van der Waals surface area contributed by atoms with Crippen molar-refractivity contribution in [3.05, 3.63) is 48.3 Å². The topological polar surface area (TPSA) is 82.6 Å². The quantitative estimate of drug-likeness (QED) is 0.845. The highest BCUT2D eigenvalue weighted by atomic mass is 32.2. The number of aromatic nitrogens is 1. The highest BCUT2D eigenvalue weighted by molar-refractivity contribution is 7.91. The summed E-state index contributed by atoms with van der Waals surface area (Å²) in [7, 11) is 2.57. The lowest BCUT2D eigenvalue weighted by atomic mass is 10.2. The third-order valence-corrected chi connectivity index (χ3v) is 6.48. The average Bonchev–Trinajstić information content (AvgIpc) is 3.01. The molecule has 1 aliphatic rings. The van der Waals surface area contributed by atoms with Crippen molar-refractivity contribution in [1.82, 2.24) is 9.88 Å². The molecule has 1 aromatic carbocycles. The van der Waals surface area contributed by atoms with Crippen LogP contribution in [-0.2, 0) is 9.84 Å². The second-order valence-electron chi connectivity index (χ2n) is 6.97. The molecule has 0 aliphatic carbocycles. The lowest BCUT2D eigenvalue weighted by Gasteiger charge is -2.23. The standard InChI is InChI=1S/C19H24N4O3S/c1-22(2)16-7-4-14(5-8-16)21-15-6-9-18(20-12-15)19(24)23(3)17-10-11-27(25,26)13-17/h4-9,12,17,21H,10-11,13H2,1-3H3. The van der Waals surface area contributed by atoms with Crippen LogP contribution in [0.15, 0.2) is 42.6 Å². The van der Waals surface area contributed by atoms with Crippen molar-refractivity contribution in [2.75, 3.05) is 42.9 Å². The van der Waals surface area contributed by atoms with Crippen LogP contribution in [0.3, 0.4) is 0 Å². The normalized spacial score (nSPS) is 18.1. The van der Waals surface area contributed by atoms with E-state index in [0.717, 1.165) is 17.1 Å². The molecule has 1 aliphatic heterocycles. The predicted molar refractivity (Wildman–Crippen MR) is 107 cm³/mol. The maximum absolute atomic E-state index is 12.6. The number of benzene rings is 1. The zero-order valence-corrected chi connectivity index (χ0v) is 16.5. The highest BCUT2D eigenvalue weighted by Gasteiger charge is 2.33. The minimum absolute atomic E-state index is 0.0256. The number of nitrogens with one attached hydrogen (secondary N) is 1. The number of anilines is 3. The van der Waals surface area contributed by atoms with Crippen molar-refractivity contribution in [2.24, 2.45) is 0 Å². The molecule has 144 valence electrons. The van der Waals surface area contributed by atoms with Gasteiger partial charge in [0.1, 0.15) is 5.69 Å². The van der Waals surface area contributed by atoms with Crippen molar-refractivity contribution >= 4 is 32.8 Å². The molecule has 27 heavy (non-hydrogen) atoms. The summed E-state index contributed by atoms with van der Waals surface area (Å²) in [5.41, 5.74) is 3.11. The van der Waals surface area contributed by atoms with Crippen molar-refractivity contribution in [2.45, 2.75) is 12.5 Å². The molecule has 3 rings (SSSR count). The fourth-order valence-corrected chi connectivity index (χ4v) is 4.81. The number of pyridine rings is 1. The Morgan fingerprint density at radius 2 is 1.74 bits per heavy atom. The number of nitrogens with zero attached hydrogens (tertiary/aromatic N) is 3. The summed E-state index contributed by atoms with van der Waals surface area (Å²) in [5.74, 6) is -0.102. The number of carbonyl (C=O) groups excluding carboxylic acids is 1. The summed E-state index contributed by atoms with van der Waals surface area (Å²) < 4.78 is 23.2. The Balaban J connectivity index is 1.65. The molecule has 2 aromatic rings. The summed E-state index contributed by atoms with van der Waals surface area (Å²) in [6.45, 7) is 0. The zero-order chi connectivity index (χ0) is 19.6. The van der Waals surface area contributed by atoms with Gasteiger partial charge in [0.05, 0.1) is 23.4 Å². The van der Waals surface area contributed by atoms with E-state index in [1.165, 1.54) is 4.90 Å². The molecule has 1 N–H and O–H groups in total. The van der Waals surface area contributed by atoms with Gasteiger partial charge in [-0.3, -0.25) is 4.79 Å². The van der Waals surface area contributed by atoms with Gasteiger partial charge in [0.2, 0.25) is 0 Å². The predicted octanol–water partition coefficient (Wildman–Crippen LogP) is 2.15. The second-order valence-corrected chi connectivity index (χ2v) is 9.20. The lowest BCUT2D eigenvalue weighted by Crippen LogP contribution is -2.38. The van der Waals surface area contributed by atoms with Crippen molar-refractivity contribution in [3.8, 4) is 0 Å². The molecule has 0 spiro atoms. The summed E-state index contributed by atoms with van der Waals surface area (Å²) in [6, 6.07) is 11.1. The van der Waals surface area contributed by atoms with E-state index in [9.17, 15) is 13.2 Å². The van der Waals surface area contributed by atoms with Gasteiger partial charge in [-0.05, 0) is 42.8 Å². The second kappa shape index (κ2) is 7.56. The maximum atomic E-state index is 12.6. The zero-order valence-electron chi connectivity index (χ0n) is 15.7. The number of rotatable bonds is 5. The molecule has 7 nitrogen and oxygen atoms in total. The molecule has 1 amide bonds. The molecule has 1 saturated heterocycles. The number of hydrogen-bond donors (Lipinski definition) is 1. The molecule has 0 bridgehead atoms. The minimum Gasteiger partial charge on any atom is -0.378 e. The smallest absolute Gasteiger partial charge is 0.272 e. The molecule has 8 heteroatoms. The van der Waals surface area contributed by atoms with Gasteiger partial charge in [-0.2, -0.15) is 0 Å². The Kier molecular flexibility index (Phi) is 5.36. The first kappa shape index (κ1) is 19.2. The Morgan fingerprint density at radius 1 is 1.07 bits per heavy atom. The van der Waals surface area contributed by atoms with Crippen LogP contribution in [0.1, 0.15) is 16.9 Å². The van der Waals surface area contributed by atoms with Crippen molar-refractivity contribution in [3.63, 3.8) is 0 Å². The van der Waals surface area contributed by atoms with E-state index in [-0.39, 0.29) is 23.5 Å². The molecule has 1 atom stereocenters. The minimum atomic E-state index is -3.03. The van der Waals surface area contributed by atoms with E-state index in [2.05, 4.69) is 10.3 Å². The van der Waals surface area contributed by atoms with E-state index < -0.39 is 9.84 Å². The number of sulfone groups is 1. The summed E-state index contributed by atoms with van der Waals surface area (Å²) in [6.07, 6.45) is 2.08. The third-order valence-electron chi connectivity index (χ3n) is 4.73. The first-order chi connectivity index (χ1) is 12.7. The van der Waals surface area contributed by atoms with E-state index in [4.69, 9.17) is 0 Å². The molecule has 1 unspecified atom stereocenters. The van der Waals surface area contributed by atoms with Crippen LogP contribution in [0.25, 0.3) is 0 Å². The van der Waals surface area contributed by atoms with Crippen LogP contribution in [0.2, 0.25) is 0 Å². The summed E-state index contributed by atoms with van der Waals surface area (Å²) in [5, 5.41) is 3.25. The molecule has 0 radical (unpaired) electrons. The van der Waals surface area contributed by atoms with Crippen molar-refractivity contribution < 1.29 is 13.2 Å². The lowest BCUT2D eigenvalue weighted by molar-refractivity contribution is 0.0742. The van der Waals surface area contributed by atoms with Gasteiger partial charge in [0.25, 0.3) is 5.91 Å². The fourth-order valence-electron chi connectivity index (χ4n) is 3.03. The largest absolute Gasteiger partial charge is 0.378 e. The molecule has 0 saturated carbocycles. The van der Waals surface area contributed by atoms with E-state index in [0.29, 0.717) is 12.1 Å². The average molecular weight is 388 g/mol. The summed E-state index contributed by atoms with van der Waals surface area (Å²) >= 11 is 0. The van der Waals surface area contributed by atoms with Gasteiger partial charge in [0, 0.05) is 38.6 Å². The van der Waals surface area contributed by atoms with Crippen LogP contribution in [0.5, 0.6) is 0 Å². The van der Waals surface area contributed by atoms with E-state index >= 15 is 0 Å². The molecule has 1 fully saturated rings. The van der Waals surface area contributed by atoms with E-state index in [1.54, 1.807) is 25.4 Å². The van der Waals surface area contributed by atoms with Gasteiger partial charge in [-0.15, -0.1) is 0 Å². The first-order valence-electron chi connectivity index (χ1n) is 8.73. The van der Waals surface area contributed by atoms with Crippen LogP contribution in [0, 0.1) is 0 Å². The van der Waals surface area contributed by atoms with Gasteiger partial charge < -0.3 is 15.1 Å². The maximum Gasteiger partial charge on any atom is 0.272 e.